The molecule has 1 aliphatic carbocycles. The van der Waals surface area contributed by atoms with E-state index in [-0.39, 0.29) is 27.4 Å². The molecule has 0 aliphatic heterocycles. The van der Waals surface area contributed by atoms with Gasteiger partial charge in [0.15, 0.2) is 0 Å². The number of aromatic nitrogens is 1. The molecule has 1 saturated carbocycles. The normalized spacial score (nSPS) is 13.5. The highest BCUT2D eigenvalue weighted by Gasteiger charge is 2.29. The zero-order chi connectivity index (χ0) is 19.6. The van der Waals surface area contributed by atoms with Crippen molar-refractivity contribution in [2.45, 2.75) is 19.4 Å². The summed E-state index contributed by atoms with van der Waals surface area (Å²) in [6, 6.07) is 6.69. The average molecular weight is 407 g/mol. The van der Waals surface area contributed by atoms with E-state index in [0.717, 1.165) is 18.4 Å². The summed E-state index contributed by atoms with van der Waals surface area (Å²) in [5, 5.41) is 6.07. The first-order valence-corrected chi connectivity index (χ1v) is 9.30. The van der Waals surface area contributed by atoms with Crippen LogP contribution in [0.1, 0.15) is 28.8 Å². The summed E-state index contributed by atoms with van der Waals surface area (Å²) in [7, 11) is 3.87. The Labute approximate surface area is 167 Å². The van der Waals surface area contributed by atoms with E-state index in [1.54, 1.807) is 24.3 Å². The number of hydrogen-bond donors (Lipinski definition) is 2. The zero-order valence-electron chi connectivity index (χ0n) is 15.1. The van der Waals surface area contributed by atoms with Crippen molar-refractivity contribution in [3.05, 3.63) is 51.6 Å². The number of pyridine rings is 1. The van der Waals surface area contributed by atoms with Crippen LogP contribution in [0.5, 0.6) is 0 Å². The van der Waals surface area contributed by atoms with Gasteiger partial charge in [0.25, 0.3) is 5.91 Å². The highest BCUT2D eigenvalue weighted by molar-refractivity contribution is 6.40. The van der Waals surface area contributed by atoms with Crippen molar-refractivity contribution in [2.24, 2.45) is 5.92 Å². The fourth-order valence-electron chi connectivity index (χ4n) is 2.64. The molecule has 2 N–H and O–H groups in total. The maximum absolute atomic E-state index is 12.6. The van der Waals surface area contributed by atoms with Gasteiger partial charge in [-0.25, -0.2) is 4.98 Å². The van der Waals surface area contributed by atoms with Gasteiger partial charge >= 0.3 is 0 Å². The second-order valence-electron chi connectivity index (χ2n) is 6.82. The van der Waals surface area contributed by atoms with Gasteiger partial charge in [-0.1, -0.05) is 23.2 Å². The predicted molar refractivity (Wildman–Crippen MR) is 107 cm³/mol. The highest BCUT2D eigenvalue weighted by atomic mass is 35.5. The summed E-state index contributed by atoms with van der Waals surface area (Å²) >= 11 is 12.6. The maximum atomic E-state index is 12.6. The fraction of sp³-hybridized carbons (Fsp3) is 0.316. The second-order valence-corrected chi connectivity index (χ2v) is 7.63. The number of benzene rings is 1. The van der Waals surface area contributed by atoms with E-state index in [1.165, 1.54) is 6.20 Å². The zero-order valence-corrected chi connectivity index (χ0v) is 16.6. The molecular formula is C19H20Cl2N4O2. The van der Waals surface area contributed by atoms with Crippen LogP contribution >= 0.6 is 23.2 Å². The van der Waals surface area contributed by atoms with Crippen LogP contribution in [0.15, 0.2) is 30.5 Å². The van der Waals surface area contributed by atoms with Gasteiger partial charge < -0.3 is 15.5 Å². The molecule has 1 heterocycles. The smallest absolute Gasteiger partial charge is 0.258 e. The number of nitrogens with one attached hydrogen (secondary N) is 2. The van der Waals surface area contributed by atoms with Crippen LogP contribution in [0.2, 0.25) is 10.0 Å². The summed E-state index contributed by atoms with van der Waals surface area (Å²) < 4.78 is 0. The Morgan fingerprint density at radius 3 is 2.41 bits per heavy atom. The minimum atomic E-state index is -0.424. The number of anilines is 2. The predicted octanol–water partition coefficient (Wildman–Crippen LogP) is 4.05. The van der Waals surface area contributed by atoms with Gasteiger partial charge in [0, 0.05) is 30.4 Å². The topological polar surface area (TPSA) is 74.3 Å². The number of carbonyl (C=O) groups excluding carboxylic acids is 2. The second kappa shape index (κ2) is 8.25. The summed E-state index contributed by atoms with van der Waals surface area (Å²) in [5.74, 6) is -0.00724. The quantitative estimate of drug-likeness (QED) is 0.758. The highest BCUT2D eigenvalue weighted by Crippen LogP contribution is 2.30. The number of rotatable bonds is 6. The van der Waals surface area contributed by atoms with E-state index >= 15 is 0 Å². The maximum Gasteiger partial charge on any atom is 0.258 e. The van der Waals surface area contributed by atoms with Crippen LogP contribution in [0, 0.1) is 5.92 Å². The van der Waals surface area contributed by atoms with Gasteiger partial charge in [-0.15, -0.1) is 0 Å². The van der Waals surface area contributed by atoms with E-state index in [1.807, 2.05) is 19.0 Å². The van der Waals surface area contributed by atoms with E-state index in [0.29, 0.717) is 18.1 Å². The molecule has 1 aromatic heterocycles. The van der Waals surface area contributed by atoms with Crippen molar-refractivity contribution >= 4 is 46.5 Å². The van der Waals surface area contributed by atoms with Crippen LogP contribution in [-0.4, -0.2) is 35.8 Å². The van der Waals surface area contributed by atoms with Crippen LogP contribution < -0.4 is 10.6 Å². The Morgan fingerprint density at radius 1 is 1.15 bits per heavy atom. The molecule has 0 spiro atoms. The van der Waals surface area contributed by atoms with Crippen LogP contribution in [0.3, 0.4) is 0 Å². The molecule has 2 amide bonds. The first kappa shape index (κ1) is 19.6. The Hall–Kier alpha value is -2.15. The SMILES string of the molecule is CN(C)Cc1cc(Cl)c(C(=O)Nc2ccnc(NC(=O)C3CC3)c2)c(Cl)c1. The molecule has 0 unspecified atom stereocenters. The van der Waals surface area contributed by atoms with Crippen molar-refractivity contribution in [2.75, 3.05) is 24.7 Å². The van der Waals surface area contributed by atoms with Crippen molar-refractivity contribution in [3.63, 3.8) is 0 Å². The Bertz CT molecular complexity index is 859. The lowest BCUT2D eigenvalue weighted by Crippen LogP contribution is -2.16. The van der Waals surface area contributed by atoms with E-state index in [4.69, 9.17) is 23.2 Å². The first-order chi connectivity index (χ1) is 12.8. The van der Waals surface area contributed by atoms with Crippen LogP contribution in [0.4, 0.5) is 11.5 Å². The Kier molecular flexibility index (Phi) is 5.99. The summed E-state index contributed by atoms with van der Waals surface area (Å²) in [6.45, 7) is 0.662. The van der Waals surface area contributed by atoms with Gasteiger partial charge in [-0.3, -0.25) is 9.59 Å². The fourth-order valence-corrected chi connectivity index (χ4v) is 3.35. The third-order valence-corrected chi connectivity index (χ3v) is 4.64. The number of halogens is 2. The standard InChI is InChI=1S/C19H20Cl2N4O2/c1-25(2)10-11-7-14(20)17(15(21)8-11)19(27)23-13-5-6-22-16(9-13)24-18(26)12-3-4-12/h5-9,12H,3-4,10H2,1-2H3,(H2,22,23,24,26,27). The third kappa shape index (κ3) is 5.19. The van der Waals surface area contributed by atoms with Gasteiger partial charge in [0.1, 0.15) is 5.82 Å². The van der Waals surface area contributed by atoms with Crippen molar-refractivity contribution < 1.29 is 9.59 Å². The van der Waals surface area contributed by atoms with Gasteiger partial charge in [0.05, 0.1) is 15.6 Å². The summed E-state index contributed by atoms with van der Waals surface area (Å²) in [4.78, 5) is 30.6. The molecule has 27 heavy (non-hydrogen) atoms. The van der Waals surface area contributed by atoms with Crippen molar-refractivity contribution in [1.82, 2.24) is 9.88 Å². The minimum Gasteiger partial charge on any atom is -0.322 e. The average Bonchev–Trinajstić information content (AvgIpc) is 3.38. The van der Waals surface area contributed by atoms with E-state index in [2.05, 4.69) is 15.6 Å². The number of hydrogen-bond acceptors (Lipinski definition) is 4. The molecule has 0 radical (unpaired) electrons. The lowest BCUT2D eigenvalue weighted by Gasteiger charge is -2.14. The largest absolute Gasteiger partial charge is 0.322 e. The van der Waals surface area contributed by atoms with Crippen molar-refractivity contribution in [1.29, 1.82) is 0 Å². The first-order valence-electron chi connectivity index (χ1n) is 8.54. The monoisotopic (exact) mass is 406 g/mol. The van der Waals surface area contributed by atoms with Gasteiger partial charge in [0.2, 0.25) is 5.91 Å². The molecule has 8 heteroatoms. The Morgan fingerprint density at radius 2 is 1.81 bits per heavy atom. The lowest BCUT2D eigenvalue weighted by atomic mass is 10.1. The molecule has 0 bridgehead atoms. The van der Waals surface area contributed by atoms with E-state index in [9.17, 15) is 9.59 Å². The summed E-state index contributed by atoms with van der Waals surface area (Å²) in [6.07, 6.45) is 3.33. The molecule has 1 fully saturated rings. The van der Waals surface area contributed by atoms with Gasteiger partial charge in [-0.05, 0) is 50.7 Å². The molecule has 1 aliphatic rings. The molecule has 0 saturated heterocycles. The number of carbonyl (C=O) groups is 2. The van der Waals surface area contributed by atoms with E-state index < -0.39 is 5.91 Å². The number of amides is 2. The van der Waals surface area contributed by atoms with Crippen LogP contribution in [0.25, 0.3) is 0 Å². The molecule has 142 valence electrons. The molecule has 3 rings (SSSR count). The minimum absolute atomic E-state index is 0.0476. The Balaban J connectivity index is 1.74. The molecular weight excluding hydrogens is 387 g/mol. The summed E-state index contributed by atoms with van der Waals surface area (Å²) in [5.41, 5.74) is 1.62. The van der Waals surface area contributed by atoms with Crippen LogP contribution in [-0.2, 0) is 11.3 Å². The van der Waals surface area contributed by atoms with Gasteiger partial charge in [-0.2, -0.15) is 0 Å². The molecule has 2 aromatic rings. The molecule has 0 atom stereocenters. The lowest BCUT2D eigenvalue weighted by molar-refractivity contribution is -0.117. The molecule has 6 nitrogen and oxygen atoms in total. The number of nitrogens with zero attached hydrogens (tertiary/aromatic N) is 2. The molecule has 1 aromatic carbocycles. The third-order valence-electron chi connectivity index (χ3n) is 4.04. The van der Waals surface area contributed by atoms with Crippen molar-refractivity contribution in [3.8, 4) is 0 Å².